The molecule has 3 rings (SSSR count). The molecule has 0 radical (unpaired) electrons. The van der Waals surface area contributed by atoms with E-state index in [4.69, 9.17) is 0 Å². The molecule has 1 aliphatic heterocycles. The van der Waals surface area contributed by atoms with E-state index >= 15 is 0 Å². The summed E-state index contributed by atoms with van der Waals surface area (Å²) in [6.07, 6.45) is 3.92. The summed E-state index contributed by atoms with van der Waals surface area (Å²) in [4.78, 5) is 13.1. The van der Waals surface area contributed by atoms with Gasteiger partial charge in [0.05, 0.1) is 4.88 Å². The van der Waals surface area contributed by atoms with Crippen molar-refractivity contribution in [1.82, 2.24) is 4.31 Å². The molecular formula is C20H26N2O3S2. The Hall–Kier alpha value is -1.70. The van der Waals surface area contributed by atoms with Crippen molar-refractivity contribution in [2.45, 2.75) is 50.7 Å². The molecule has 1 amide bonds. The van der Waals surface area contributed by atoms with Gasteiger partial charge >= 0.3 is 0 Å². The lowest BCUT2D eigenvalue weighted by atomic mass is 10.1. The molecular weight excluding hydrogens is 380 g/mol. The van der Waals surface area contributed by atoms with Gasteiger partial charge in [-0.3, -0.25) is 4.79 Å². The van der Waals surface area contributed by atoms with E-state index in [0.717, 1.165) is 59.4 Å². The molecule has 1 aliphatic rings. The highest BCUT2D eigenvalue weighted by Gasteiger charge is 2.27. The number of thiophene rings is 1. The third-order valence-electron chi connectivity index (χ3n) is 4.88. The van der Waals surface area contributed by atoms with Gasteiger partial charge in [0.15, 0.2) is 0 Å². The largest absolute Gasteiger partial charge is 0.321 e. The lowest BCUT2D eigenvalue weighted by Gasteiger charge is -2.18. The second-order valence-corrected chi connectivity index (χ2v) is 10.4. The van der Waals surface area contributed by atoms with E-state index in [2.05, 4.69) is 5.32 Å². The monoisotopic (exact) mass is 406 g/mol. The Morgan fingerprint density at radius 1 is 1.00 bits per heavy atom. The molecule has 0 bridgehead atoms. The van der Waals surface area contributed by atoms with Crippen LogP contribution in [0.5, 0.6) is 0 Å². The van der Waals surface area contributed by atoms with Crippen molar-refractivity contribution < 1.29 is 13.2 Å². The number of benzene rings is 1. The zero-order valence-electron chi connectivity index (χ0n) is 16.0. The van der Waals surface area contributed by atoms with Crippen LogP contribution in [0.25, 0.3) is 0 Å². The predicted octanol–water partition coefficient (Wildman–Crippen LogP) is 4.49. The summed E-state index contributed by atoms with van der Waals surface area (Å²) in [7, 11) is -3.52. The van der Waals surface area contributed by atoms with Gasteiger partial charge in [0.1, 0.15) is 4.21 Å². The number of aryl methyl sites for hydroxylation is 3. The maximum Gasteiger partial charge on any atom is 0.265 e. The van der Waals surface area contributed by atoms with Crippen LogP contribution in [0, 0.1) is 20.8 Å². The summed E-state index contributed by atoms with van der Waals surface area (Å²) in [6.45, 7) is 7.05. The highest BCUT2D eigenvalue weighted by atomic mass is 32.2. The van der Waals surface area contributed by atoms with Crippen molar-refractivity contribution in [1.29, 1.82) is 0 Å². The number of nitrogens with one attached hydrogen (secondary N) is 1. The van der Waals surface area contributed by atoms with Gasteiger partial charge in [0.2, 0.25) is 0 Å². The molecule has 2 aromatic rings. The normalized spacial score (nSPS) is 16.1. The lowest BCUT2D eigenvalue weighted by molar-refractivity contribution is 0.103. The molecule has 2 heterocycles. The fraction of sp³-hybridized carbons (Fsp3) is 0.450. The molecule has 7 heteroatoms. The average Bonchev–Trinajstić information content (AvgIpc) is 2.94. The van der Waals surface area contributed by atoms with Crippen molar-refractivity contribution in [3.8, 4) is 0 Å². The standard InChI is InChI=1S/C20H26N2O3S2/c1-14-12-15(2)19(16(3)13-14)21-20(23)17-8-9-18(26-17)27(24,25)22-10-6-4-5-7-11-22/h8-9,12-13H,4-7,10-11H2,1-3H3,(H,21,23). The van der Waals surface area contributed by atoms with E-state index in [9.17, 15) is 13.2 Å². The first kappa shape index (κ1) is 20.0. The summed E-state index contributed by atoms with van der Waals surface area (Å²) >= 11 is 1.04. The van der Waals surface area contributed by atoms with Crippen LogP contribution in [0.1, 0.15) is 52.0 Å². The summed E-state index contributed by atoms with van der Waals surface area (Å²) in [6, 6.07) is 7.19. The van der Waals surface area contributed by atoms with Crippen LogP contribution in [-0.2, 0) is 10.0 Å². The van der Waals surface area contributed by atoms with Gasteiger partial charge in [0, 0.05) is 18.8 Å². The SMILES string of the molecule is Cc1cc(C)c(NC(=O)c2ccc(S(=O)(=O)N3CCCCCC3)s2)c(C)c1. The molecule has 1 aromatic carbocycles. The molecule has 0 aliphatic carbocycles. The summed E-state index contributed by atoms with van der Waals surface area (Å²) < 4.78 is 27.6. The van der Waals surface area contributed by atoms with E-state index in [-0.39, 0.29) is 10.1 Å². The van der Waals surface area contributed by atoms with Gasteiger partial charge in [-0.1, -0.05) is 30.5 Å². The Labute approximate surface area is 165 Å². The molecule has 5 nitrogen and oxygen atoms in total. The number of sulfonamides is 1. The van der Waals surface area contributed by atoms with Crippen molar-refractivity contribution in [3.05, 3.63) is 45.8 Å². The van der Waals surface area contributed by atoms with Gasteiger partial charge < -0.3 is 5.32 Å². The Balaban J connectivity index is 1.80. The predicted molar refractivity (Wildman–Crippen MR) is 110 cm³/mol. The minimum Gasteiger partial charge on any atom is -0.321 e. The van der Waals surface area contributed by atoms with Crippen molar-refractivity contribution in [3.63, 3.8) is 0 Å². The van der Waals surface area contributed by atoms with E-state index in [1.54, 1.807) is 16.4 Å². The number of carbonyl (C=O) groups is 1. The fourth-order valence-corrected chi connectivity index (χ4v) is 6.42. The number of rotatable bonds is 4. The smallest absolute Gasteiger partial charge is 0.265 e. The van der Waals surface area contributed by atoms with E-state index in [1.807, 2.05) is 32.9 Å². The van der Waals surface area contributed by atoms with Gasteiger partial charge in [-0.05, 0) is 56.9 Å². The van der Waals surface area contributed by atoms with Crippen molar-refractivity contribution >= 4 is 33.0 Å². The summed E-state index contributed by atoms with van der Waals surface area (Å²) in [5.41, 5.74) is 3.92. The zero-order chi connectivity index (χ0) is 19.6. The Morgan fingerprint density at radius 3 is 2.19 bits per heavy atom. The quantitative estimate of drug-likeness (QED) is 0.813. The topological polar surface area (TPSA) is 66.5 Å². The molecule has 0 unspecified atom stereocenters. The molecule has 146 valence electrons. The van der Waals surface area contributed by atoms with E-state index < -0.39 is 10.0 Å². The first-order valence-electron chi connectivity index (χ1n) is 9.28. The number of hydrogen-bond donors (Lipinski definition) is 1. The molecule has 0 atom stereocenters. The van der Waals surface area contributed by atoms with Gasteiger partial charge in [0.25, 0.3) is 15.9 Å². The number of anilines is 1. The molecule has 27 heavy (non-hydrogen) atoms. The fourth-order valence-electron chi connectivity index (χ4n) is 3.54. The van der Waals surface area contributed by atoms with E-state index in [1.165, 1.54) is 0 Å². The molecule has 1 aromatic heterocycles. The van der Waals surface area contributed by atoms with Gasteiger partial charge in [-0.25, -0.2) is 8.42 Å². The first-order chi connectivity index (χ1) is 12.8. The number of amides is 1. The van der Waals surface area contributed by atoms with Crippen LogP contribution < -0.4 is 5.32 Å². The first-order valence-corrected chi connectivity index (χ1v) is 11.5. The molecule has 1 saturated heterocycles. The van der Waals surface area contributed by atoms with Crippen molar-refractivity contribution in [2.75, 3.05) is 18.4 Å². The highest BCUT2D eigenvalue weighted by molar-refractivity contribution is 7.91. The molecule has 1 fully saturated rings. The maximum atomic E-state index is 12.9. The Kier molecular flexibility index (Phi) is 6.03. The summed E-state index contributed by atoms with van der Waals surface area (Å²) in [5.74, 6) is -0.271. The molecule has 1 N–H and O–H groups in total. The lowest BCUT2D eigenvalue weighted by Crippen LogP contribution is -2.31. The third kappa shape index (κ3) is 4.42. The molecule has 0 spiro atoms. The highest BCUT2D eigenvalue weighted by Crippen LogP contribution is 2.28. The molecule has 0 saturated carbocycles. The average molecular weight is 407 g/mol. The number of nitrogens with zero attached hydrogens (tertiary/aromatic N) is 1. The Morgan fingerprint density at radius 2 is 1.59 bits per heavy atom. The zero-order valence-corrected chi connectivity index (χ0v) is 17.7. The second kappa shape index (κ2) is 8.12. The van der Waals surface area contributed by atoms with Crippen LogP contribution in [-0.4, -0.2) is 31.7 Å². The van der Waals surface area contributed by atoms with Gasteiger partial charge in [-0.15, -0.1) is 11.3 Å². The van der Waals surface area contributed by atoms with Crippen LogP contribution >= 0.6 is 11.3 Å². The van der Waals surface area contributed by atoms with Crippen molar-refractivity contribution in [2.24, 2.45) is 0 Å². The van der Waals surface area contributed by atoms with Crippen LogP contribution in [0.15, 0.2) is 28.5 Å². The number of carbonyl (C=O) groups excluding carboxylic acids is 1. The van der Waals surface area contributed by atoms with Crippen LogP contribution in [0.2, 0.25) is 0 Å². The second-order valence-electron chi connectivity index (χ2n) is 7.16. The van der Waals surface area contributed by atoms with Crippen LogP contribution in [0.4, 0.5) is 5.69 Å². The summed E-state index contributed by atoms with van der Waals surface area (Å²) in [5, 5.41) is 2.94. The minimum atomic E-state index is -3.52. The maximum absolute atomic E-state index is 12.9. The Bertz CT molecular complexity index is 917. The third-order valence-corrected chi connectivity index (χ3v) is 8.33. The number of hydrogen-bond acceptors (Lipinski definition) is 4. The van der Waals surface area contributed by atoms with Crippen LogP contribution in [0.3, 0.4) is 0 Å². The van der Waals surface area contributed by atoms with Gasteiger partial charge in [-0.2, -0.15) is 4.31 Å². The minimum absolute atomic E-state index is 0.243. The van der Waals surface area contributed by atoms with E-state index in [0.29, 0.717) is 18.0 Å².